The van der Waals surface area contributed by atoms with E-state index >= 15 is 0 Å². The molecule has 0 aliphatic heterocycles. The Balaban J connectivity index is 2.37. The van der Waals surface area contributed by atoms with Crippen LogP contribution < -0.4 is 0 Å². The van der Waals surface area contributed by atoms with Crippen LogP contribution in [0.15, 0.2) is 32.5 Å². The van der Waals surface area contributed by atoms with E-state index in [0.29, 0.717) is 5.69 Å². The number of rotatable bonds is 3. The summed E-state index contributed by atoms with van der Waals surface area (Å²) in [6.07, 6.45) is 0. The third-order valence-corrected chi connectivity index (χ3v) is 5.09. The minimum absolute atomic E-state index is 0.0345. The highest BCUT2D eigenvalue weighted by Gasteiger charge is 2.11. The first-order valence-electron chi connectivity index (χ1n) is 4.62. The molecule has 0 saturated heterocycles. The van der Waals surface area contributed by atoms with Crippen LogP contribution in [0.5, 0.6) is 0 Å². The van der Waals surface area contributed by atoms with Gasteiger partial charge in [0.2, 0.25) is 0 Å². The van der Waals surface area contributed by atoms with Crippen molar-refractivity contribution < 1.29 is 4.79 Å². The van der Waals surface area contributed by atoms with Crippen molar-refractivity contribution in [3.05, 3.63) is 38.2 Å². The number of carbonyl (C=O) groups is 1. The van der Waals surface area contributed by atoms with Crippen LogP contribution in [0.2, 0.25) is 0 Å². The maximum atomic E-state index is 11.4. The Hall–Kier alpha value is -0.230. The molecule has 0 radical (unpaired) electrons. The third-order valence-electron chi connectivity index (χ3n) is 2.08. The van der Waals surface area contributed by atoms with E-state index in [1.54, 1.807) is 5.38 Å². The molecule has 2 nitrogen and oxygen atoms in total. The Morgan fingerprint density at radius 3 is 2.76 bits per heavy atom. The van der Waals surface area contributed by atoms with Gasteiger partial charge in [0.1, 0.15) is 10.7 Å². The third kappa shape index (κ3) is 2.96. The van der Waals surface area contributed by atoms with E-state index in [2.05, 4.69) is 36.8 Å². The van der Waals surface area contributed by atoms with Crippen LogP contribution >= 0.6 is 54.8 Å². The first-order chi connectivity index (χ1) is 8.11. The van der Waals surface area contributed by atoms with E-state index in [1.165, 1.54) is 11.3 Å². The number of nitrogens with zero attached hydrogens (tertiary/aromatic N) is 1. The molecule has 0 atom stereocenters. The summed E-state index contributed by atoms with van der Waals surface area (Å²) in [5.74, 6) is -0.182. The molecule has 0 saturated carbocycles. The first-order valence-corrected chi connectivity index (χ1v) is 7.62. The molecule has 0 aliphatic carbocycles. The van der Waals surface area contributed by atoms with Gasteiger partial charge in [0.25, 0.3) is 0 Å². The molecule has 0 unspecified atom stereocenters. The predicted octanol–water partition coefficient (Wildman–Crippen LogP) is 4.76. The molecule has 1 aromatic carbocycles. The quantitative estimate of drug-likeness (QED) is 0.554. The SMILES string of the molecule is O=C(CCl)c1csc(-c2ccc(Br)c(Br)c2)n1. The molecular formula is C11H6Br2ClNOS. The smallest absolute Gasteiger partial charge is 0.196 e. The lowest BCUT2D eigenvalue weighted by Gasteiger charge is -1.99. The highest BCUT2D eigenvalue weighted by Crippen LogP contribution is 2.30. The van der Waals surface area contributed by atoms with E-state index in [4.69, 9.17) is 11.6 Å². The van der Waals surface area contributed by atoms with E-state index in [0.717, 1.165) is 19.5 Å². The Kier molecular flexibility index (Phi) is 4.36. The van der Waals surface area contributed by atoms with Gasteiger partial charge in [0.15, 0.2) is 5.78 Å². The molecule has 2 rings (SSSR count). The molecule has 0 fully saturated rings. The summed E-state index contributed by atoms with van der Waals surface area (Å²) in [6, 6.07) is 5.84. The maximum Gasteiger partial charge on any atom is 0.196 e. The van der Waals surface area contributed by atoms with E-state index < -0.39 is 0 Å². The monoisotopic (exact) mass is 393 g/mol. The van der Waals surface area contributed by atoms with E-state index in [1.807, 2.05) is 18.2 Å². The molecular weight excluding hydrogens is 389 g/mol. The van der Waals surface area contributed by atoms with Crippen molar-refractivity contribution in [3.8, 4) is 10.6 Å². The van der Waals surface area contributed by atoms with Crippen molar-refractivity contribution in [2.45, 2.75) is 0 Å². The number of hydrogen-bond acceptors (Lipinski definition) is 3. The number of benzene rings is 1. The number of ketones is 1. The number of thiazole rings is 1. The highest BCUT2D eigenvalue weighted by molar-refractivity contribution is 9.13. The summed E-state index contributed by atoms with van der Waals surface area (Å²) in [6.45, 7) is 0. The summed E-state index contributed by atoms with van der Waals surface area (Å²) in [4.78, 5) is 15.6. The van der Waals surface area contributed by atoms with Crippen LogP contribution in [-0.4, -0.2) is 16.6 Å². The second-order valence-corrected chi connectivity index (χ2v) is 6.06. The normalized spacial score (nSPS) is 10.5. The minimum atomic E-state index is -0.148. The van der Waals surface area contributed by atoms with Gasteiger partial charge in [-0.3, -0.25) is 4.79 Å². The fraction of sp³-hybridized carbons (Fsp3) is 0.0909. The maximum absolute atomic E-state index is 11.4. The Morgan fingerprint density at radius 2 is 2.12 bits per heavy atom. The second kappa shape index (κ2) is 5.61. The minimum Gasteiger partial charge on any atom is -0.291 e. The van der Waals surface area contributed by atoms with Gasteiger partial charge in [-0.25, -0.2) is 4.98 Å². The van der Waals surface area contributed by atoms with Crippen LogP contribution in [0.1, 0.15) is 10.5 Å². The zero-order chi connectivity index (χ0) is 12.4. The molecule has 1 aromatic heterocycles. The number of Topliss-reactive ketones (excluding diaryl/α,β-unsaturated/α-hetero) is 1. The average Bonchev–Trinajstić information content (AvgIpc) is 2.81. The molecule has 88 valence electrons. The van der Waals surface area contributed by atoms with Gasteiger partial charge in [-0.1, -0.05) is 6.07 Å². The number of carbonyl (C=O) groups excluding carboxylic acids is 1. The molecule has 0 spiro atoms. The lowest BCUT2D eigenvalue weighted by Crippen LogP contribution is -1.99. The van der Waals surface area contributed by atoms with Gasteiger partial charge in [-0.15, -0.1) is 22.9 Å². The molecule has 17 heavy (non-hydrogen) atoms. The lowest BCUT2D eigenvalue weighted by molar-refractivity contribution is 0.101. The number of aromatic nitrogens is 1. The predicted molar refractivity (Wildman–Crippen MR) is 78.0 cm³/mol. The van der Waals surface area contributed by atoms with Crippen molar-refractivity contribution in [1.29, 1.82) is 0 Å². The molecule has 2 aromatic rings. The van der Waals surface area contributed by atoms with Crippen LogP contribution in [0.3, 0.4) is 0 Å². The fourth-order valence-electron chi connectivity index (χ4n) is 1.23. The summed E-state index contributed by atoms with van der Waals surface area (Å²) >= 11 is 13.8. The number of halogens is 3. The second-order valence-electron chi connectivity index (χ2n) is 3.22. The van der Waals surface area contributed by atoms with Crippen molar-refractivity contribution in [2.24, 2.45) is 0 Å². The van der Waals surface area contributed by atoms with Crippen molar-refractivity contribution in [3.63, 3.8) is 0 Å². The number of alkyl halides is 1. The summed E-state index contributed by atoms with van der Waals surface area (Å²) in [7, 11) is 0. The summed E-state index contributed by atoms with van der Waals surface area (Å²) < 4.78 is 1.94. The fourth-order valence-corrected chi connectivity index (χ4v) is 2.82. The molecule has 0 N–H and O–H groups in total. The zero-order valence-corrected chi connectivity index (χ0v) is 13.2. The first kappa shape index (κ1) is 13.2. The van der Waals surface area contributed by atoms with Gasteiger partial charge in [-0.05, 0) is 44.0 Å². The van der Waals surface area contributed by atoms with Crippen molar-refractivity contribution >= 4 is 60.6 Å². The standard InChI is InChI=1S/C11H6Br2ClNOS/c12-7-2-1-6(3-8(7)13)11-15-9(5-17-11)10(16)4-14/h1-3,5H,4H2. The van der Waals surface area contributed by atoms with Crippen LogP contribution in [0.25, 0.3) is 10.6 Å². The highest BCUT2D eigenvalue weighted by atomic mass is 79.9. The average molecular weight is 396 g/mol. The van der Waals surface area contributed by atoms with Crippen LogP contribution in [-0.2, 0) is 0 Å². The molecule has 0 amide bonds. The van der Waals surface area contributed by atoms with E-state index in [-0.39, 0.29) is 11.7 Å². The Labute approximate surface area is 124 Å². The van der Waals surface area contributed by atoms with Gasteiger partial charge < -0.3 is 0 Å². The van der Waals surface area contributed by atoms with E-state index in [9.17, 15) is 4.79 Å². The van der Waals surface area contributed by atoms with Gasteiger partial charge in [0.05, 0.1) is 5.88 Å². The molecule has 1 heterocycles. The Morgan fingerprint density at radius 1 is 1.35 bits per heavy atom. The molecule has 0 aliphatic rings. The van der Waals surface area contributed by atoms with Crippen molar-refractivity contribution in [2.75, 3.05) is 5.88 Å². The van der Waals surface area contributed by atoms with Gasteiger partial charge in [0, 0.05) is 19.9 Å². The van der Waals surface area contributed by atoms with Gasteiger partial charge >= 0.3 is 0 Å². The Bertz CT molecular complexity index is 570. The topological polar surface area (TPSA) is 30.0 Å². The number of hydrogen-bond donors (Lipinski definition) is 0. The zero-order valence-electron chi connectivity index (χ0n) is 8.41. The lowest BCUT2D eigenvalue weighted by atomic mass is 10.2. The summed E-state index contributed by atoms with van der Waals surface area (Å²) in [5, 5.41) is 2.54. The van der Waals surface area contributed by atoms with Crippen LogP contribution in [0.4, 0.5) is 0 Å². The van der Waals surface area contributed by atoms with Crippen LogP contribution in [0, 0.1) is 0 Å². The summed E-state index contributed by atoms with van der Waals surface area (Å²) in [5.41, 5.74) is 1.40. The van der Waals surface area contributed by atoms with Crippen molar-refractivity contribution in [1.82, 2.24) is 4.98 Å². The molecule has 6 heteroatoms. The van der Waals surface area contributed by atoms with Gasteiger partial charge in [-0.2, -0.15) is 0 Å². The molecule has 0 bridgehead atoms. The largest absolute Gasteiger partial charge is 0.291 e.